The molecule has 0 saturated heterocycles. The van der Waals surface area contributed by atoms with Gasteiger partial charge in [0.15, 0.2) is 5.65 Å². The number of aryl methyl sites for hydroxylation is 3. The zero-order valence-corrected chi connectivity index (χ0v) is 15.5. The zero-order chi connectivity index (χ0) is 17.7. The third kappa shape index (κ3) is 4.32. The van der Waals surface area contributed by atoms with Gasteiger partial charge >= 0.3 is 0 Å². The van der Waals surface area contributed by atoms with Crippen LogP contribution in [-0.2, 0) is 11.2 Å². The number of amides is 1. The van der Waals surface area contributed by atoms with Crippen molar-refractivity contribution in [3.8, 4) is 0 Å². The fourth-order valence-corrected chi connectivity index (χ4v) is 3.02. The maximum Gasteiger partial charge on any atom is 0.220 e. The van der Waals surface area contributed by atoms with E-state index in [1.54, 1.807) is 0 Å². The molecule has 0 aliphatic carbocycles. The van der Waals surface area contributed by atoms with Gasteiger partial charge in [-0.1, -0.05) is 13.8 Å². The summed E-state index contributed by atoms with van der Waals surface area (Å²) in [4.78, 5) is 19.0. The number of rotatable bonds is 8. The molecule has 0 unspecified atom stereocenters. The molecule has 2 aromatic rings. The molecule has 1 amide bonds. The van der Waals surface area contributed by atoms with Crippen molar-refractivity contribution < 1.29 is 4.79 Å². The van der Waals surface area contributed by atoms with Crippen molar-refractivity contribution >= 4 is 11.6 Å². The lowest BCUT2D eigenvalue weighted by Gasteiger charge is -2.18. The molecule has 1 N–H and O–H groups in total. The second kappa shape index (κ2) is 8.24. The molecule has 2 heterocycles. The summed E-state index contributed by atoms with van der Waals surface area (Å²) in [5, 5.41) is 7.49. The van der Waals surface area contributed by atoms with Crippen molar-refractivity contribution in [2.75, 3.05) is 26.2 Å². The molecule has 24 heavy (non-hydrogen) atoms. The Morgan fingerprint density at radius 2 is 1.96 bits per heavy atom. The predicted molar refractivity (Wildman–Crippen MR) is 96.3 cm³/mol. The van der Waals surface area contributed by atoms with Crippen LogP contribution in [0.3, 0.4) is 0 Å². The zero-order valence-electron chi connectivity index (χ0n) is 15.5. The molecule has 0 aromatic carbocycles. The second-order valence-electron chi connectivity index (χ2n) is 6.19. The van der Waals surface area contributed by atoms with Crippen LogP contribution in [0.15, 0.2) is 6.07 Å². The van der Waals surface area contributed by atoms with E-state index in [1.165, 1.54) is 0 Å². The fourth-order valence-electron chi connectivity index (χ4n) is 3.02. The van der Waals surface area contributed by atoms with Crippen molar-refractivity contribution in [3.63, 3.8) is 0 Å². The van der Waals surface area contributed by atoms with Crippen LogP contribution in [0.25, 0.3) is 5.65 Å². The van der Waals surface area contributed by atoms with E-state index in [0.29, 0.717) is 19.4 Å². The molecular weight excluding hydrogens is 302 g/mol. The molecule has 6 heteroatoms. The summed E-state index contributed by atoms with van der Waals surface area (Å²) >= 11 is 0. The Kier molecular flexibility index (Phi) is 6.31. The summed E-state index contributed by atoms with van der Waals surface area (Å²) in [6.07, 6.45) is 1.17. The molecule has 0 bridgehead atoms. The van der Waals surface area contributed by atoms with Crippen molar-refractivity contribution in [2.24, 2.45) is 0 Å². The van der Waals surface area contributed by atoms with Crippen LogP contribution in [0.2, 0.25) is 0 Å². The van der Waals surface area contributed by atoms with Crippen molar-refractivity contribution in [1.29, 1.82) is 0 Å². The highest BCUT2D eigenvalue weighted by molar-refractivity contribution is 5.76. The van der Waals surface area contributed by atoms with Crippen LogP contribution in [0, 0.1) is 20.8 Å². The summed E-state index contributed by atoms with van der Waals surface area (Å²) in [6, 6.07) is 1.98. The van der Waals surface area contributed by atoms with Crippen molar-refractivity contribution in [1.82, 2.24) is 24.8 Å². The van der Waals surface area contributed by atoms with Gasteiger partial charge in [-0.25, -0.2) is 9.50 Å². The molecule has 0 fully saturated rings. The fraction of sp³-hybridized carbons (Fsp3) is 0.611. The van der Waals surface area contributed by atoms with Gasteiger partial charge in [-0.15, -0.1) is 0 Å². The number of nitrogens with zero attached hydrogens (tertiary/aromatic N) is 4. The number of nitrogens with one attached hydrogen (secondary N) is 1. The summed E-state index contributed by atoms with van der Waals surface area (Å²) in [5.74, 6) is 0.0951. The van der Waals surface area contributed by atoms with E-state index in [4.69, 9.17) is 0 Å². The average Bonchev–Trinajstić information content (AvgIpc) is 2.92. The Morgan fingerprint density at radius 3 is 2.62 bits per heavy atom. The molecule has 2 rings (SSSR count). The number of hydrogen-bond acceptors (Lipinski definition) is 4. The topological polar surface area (TPSA) is 62.5 Å². The Balaban J connectivity index is 1.94. The highest BCUT2D eigenvalue weighted by Crippen LogP contribution is 2.16. The van der Waals surface area contributed by atoms with E-state index in [9.17, 15) is 4.79 Å². The number of fused-ring (bicyclic) bond motifs is 1. The van der Waals surface area contributed by atoms with Crippen LogP contribution < -0.4 is 5.32 Å². The van der Waals surface area contributed by atoms with E-state index < -0.39 is 0 Å². The van der Waals surface area contributed by atoms with Crippen molar-refractivity contribution in [2.45, 2.75) is 47.5 Å². The molecule has 0 aliphatic heterocycles. The third-order valence-corrected chi connectivity index (χ3v) is 4.53. The molecule has 2 aromatic heterocycles. The highest BCUT2D eigenvalue weighted by Gasteiger charge is 2.12. The maximum absolute atomic E-state index is 12.1. The van der Waals surface area contributed by atoms with Crippen LogP contribution in [0.1, 0.15) is 42.9 Å². The van der Waals surface area contributed by atoms with E-state index in [2.05, 4.69) is 34.1 Å². The third-order valence-electron chi connectivity index (χ3n) is 4.53. The molecule has 0 saturated carbocycles. The van der Waals surface area contributed by atoms with Gasteiger partial charge in [-0.3, -0.25) is 4.79 Å². The molecule has 0 spiro atoms. The van der Waals surface area contributed by atoms with Gasteiger partial charge in [0.25, 0.3) is 0 Å². The first-order valence-corrected chi connectivity index (χ1v) is 8.77. The Hall–Kier alpha value is -1.95. The van der Waals surface area contributed by atoms with E-state index in [1.807, 2.05) is 31.4 Å². The van der Waals surface area contributed by atoms with E-state index in [-0.39, 0.29) is 5.91 Å². The van der Waals surface area contributed by atoms with Crippen molar-refractivity contribution in [3.05, 3.63) is 28.7 Å². The Morgan fingerprint density at radius 1 is 1.25 bits per heavy atom. The molecule has 0 radical (unpaired) electrons. The first-order valence-electron chi connectivity index (χ1n) is 8.77. The van der Waals surface area contributed by atoms with Gasteiger partial charge in [0.2, 0.25) is 5.91 Å². The standard InChI is InChI=1S/C18H29N5O/c1-6-22(7-2)11-10-19-18(24)9-8-16-14(4)20-17-12-13(3)21-23(17)15(16)5/h12H,6-11H2,1-5H3,(H,19,24). The average molecular weight is 331 g/mol. The van der Waals surface area contributed by atoms with E-state index >= 15 is 0 Å². The van der Waals surface area contributed by atoms with Gasteiger partial charge in [-0.2, -0.15) is 5.10 Å². The summed E-state index contributed by atoms with van der Waals surface area (Å²) < 4.78 is 1.87. The summed E-state index contributed by atoms with van der Waals surface area (Å²) in [7, 11) is 0. The monoisotopic (exact) mass is 331 g/mol. The molecular formula is C18H29N5O. The minimum atomic E-state index is 0.0951. The SMILES string of the molecule is CCN(CC)CCNC(=O)CCc1c(C)nc2cc(C)nn2c1C. The quantitative estimate of drug-likeness (QED) is 0.804. The molecule has 132 valence electrons. The number of hydrogen-bond donors (Lipinski definition) is 1. The summed E-state index contributed by atoms with van der Waals surface area (Å²) in [6.45, 7) is 13.9. The second-order valence-corrected chi connectivity index (χ2v) is 6.19. The number of likely N-dealkylation sites (N-methyl/N-ethyl adjacent to an activating group) is 1. The lowest BCUT2D eigenvalue weighted by atomic mass is 10.1. The van der Waals surface area contributed by atoms with Crippen LogP contribution in [0.5, 0.6) is 0 Å². The highest BCUT2D eigenvalue weighted by atomic mass is 16.1. The predicted octanol–water partition coefficient (Wildman–Crippen LogP) is 2.05. The number of carbonyl (C=O) groups is 1. The Labute approximate surface area is 144 Å². The number of aromatic nitrogens is 3. The minimum Gasteiger partial charge on any atom is -0.355 e. The lowest BCUT2D eigenvalue weighted by molar-refractivity contribution is -0.121. The smallest absolute Gasteiger partial charge is 0.220 e. The van der Waals surface area contributed by atoms with Gasteiger partial charge in [-0.05, 0) is 45.8 Å². The largest absolute Gasteiger partial charge is 0.355 e. The van der Waals surface area contributed by atoms with Gasteiger partial charge in [0.05, 0.1) is 5.69 Å². The van der Waals surface area contributed by atoms with Crippen LogP contribution >= 0.6 is 0 Å². The van der Waals surface area contributed by atoms with Crippen LogP contribution in [-0.4, -0.2) is 51.6 Å². The number of carbonyl (C=O) groups excluding carboxylic acids is 1. The molecule has 0 atom stereocenters. The molecule has 6 nitrogen and oxygen atoms in total. The normalized spacial score (nSPS) is 11.4. The van der Waals surface area contributed by atoms with E-state index in [0.717, 1.165) is 47.9 Å². The Bertz CT molecular complexity index is 703. The lowest BCUT2D eigenvalue weighted by Crippen LogP contribution is -2.34. The first-order chi connectivity index (χ1) is 11.5. The van der Waals surface area contributed by atoms with Gasteiger partial charge in [0.1, 0.15) is 0 Å². The summed E-state index contributed by atoms with van der Waals surface area (Å²) in [5.41, 5.74) is 4.99. The first kappa shape index (κ1) is 18.4. The molecule has 0 aliphatic rings. The van der Waals surface area contributed by atoms with Gasteiger partial charge < -0.3 is 10.2 Å². The maximum atomic E-state index is 12.1. The minimum absolute atomic E-state index is 0.0951. The van der Waals surface area contributed by atoms with Crippen LogP contribution in [0.4, 0.5) is 0 Å². The van der Waals surface area contributed by atoms with Gasteiger partial charge in [0, 0.05) is 37.0 Å².